The van der Waals surface area contributed by atoms with Gasteiger partial charge in [0.2, 0.25) is 11.8 Å². The van der Waals surface area contributed by atoms with Gasteiger partial charge in [0.1, 0.15) is 11.4 Å². The minimum absolute atomic E-state index is 0.224. The second-order valence-corrected chi connectivity index (χ2v) is 7.84. The van der Waals surface area contributed by atoms with Crippen molar-refractivity contribution >= 4 is 29.1 Å². The number of carbonyl (C=O) groups is 3. The number of nitrogens with one attached hydrogen (secondary N) is 1. The SMILES string of the molecule is O=C(Nc1ccc(N2C(=O)CCCC2=O)cc1)c1cnn(-c2ccc(F)cc2)c1-n1cccc1. The zero-order valence-corrected chi connectivity index (χ0v) is 18.0. The maximum absolute atomic E-state index is 13.4. The highest BCUT2D eigenvalue weighted by Crippen LogP contribution is 2.25. The third-order valence-corrected chi connectivity index (χ3v) is 5.57. The summed E-state index contributed by atoms with van der Waals surface area (Å²) in [5.41, 5.74) is 1.89. The third kappa shape index (κ3) is 3.99. The highest BCUT2D eigenvalue weighted by Gasteiger charge is 2.27. The first-order chi connectivity index (χ1) is 16.5. The Labute approximate surface area is 194 Å². The monoisotopic (exact) mass is 457 g/mol. The van der Waals surface area contributed by atoms with Crippen LogP contribution in [0.1, 0.15) is 29.6 Å². The van der Waals surface area contributed by atoms with E-state index in [2.05, 4.69) is 10.4 Å². The van der Waals surface area contributed by atoms with E-state index in [1.165, 1.54) is 23.2 Å². The highest BCUT2D eigenvalue weighted by molar-refractivity contribution is 6.16. The molecule has 2 aromatic heterocycles. The fourth-order valence-electron chi connectivity index (χ4n) is 3.93. The number of hydrogen-bond acceptors (Lipinski definition) is 4. The molecular weight excluding hydrogens is 437 g/mol. The van der Waals surface area contributed by atoms with E-state index in [4.69, 9.17) is 0 Å². The molecule has 1 N–H and O–H groups in total. The van der Waals surface area contributed by atoms with Gasteiger partial charge in [-0.25, -0.2) is 9.07 Å². The van der Waals surface area contributed by atoms with Crippen LogP contribution in [0.25, 0.3) is 11.5 Å². The Bertz CT molecular complexity index is 1340. The van der Waals surface area contributed by atoms with Gasteiger partial charge in [-0.05, 0) is 67.1 Å². The molecule has 0 bridgehead atoms. The molecule has 8 nitrogen and oxygen atoms in total. The van der Waals surface area contributed by atoms with Gasteiger partial charge in [0.25, 0.3) is 5.91 Å². The first kappa shape index (κ1) is 21.3. The normalized spacial score (nSPS) is 13.9. The first-order valence-corrected chi connectivity index (χ1v) is 10.8. The predicted molar refractivity (Wildman–Crippen MR) is 124 cm³/mol. The quantitative estimate of drug-likeness (QED) is 0.457. The van der Waals surface area contributed by atoms with Crippen molar-refractivity contribution in [3.63, 3.8) is 0 Å². The number of carbonyl (C=O) groups excluding carboxylic acids is 3. The van der Waals surface area contributed by atoms with Crippen molar-refractivity contribution in [2.24, 2.45) is 0 Å². The van der Waals surface area contributed by atoms with Gasteiger partial charge in [-0.2, -0.15) is 5.10 Å². The molecule has 0 saturated carbocycles. The minimum Gasteiger partial charge on any atom is -0.322 e. The molecule has 34 heavy (non-hydrogen) atoms. The Hall–Kier alpha value is -4.53. The molecular formula is C25H20FN5O3. The van der Waals surface area contributed by atoms with E-state index in [0.29, 0.717) is 47.7 Å². The zero-order valence-electron chi connectivity index (χ0n) is 18.0. The molecule has 0 aliphatic carbocycles. The Morgan fingerprint density at radius 3 is 2.15 bits per heavy atom. The molecule has 1 saturated heterocycles. The fraction of sp³-hybridized carbons (Fsp3) is 0.120. The lowest BCUT2D eigenvalue weighted by Gasteiger charge is -2.24. The van der Waals surface area contributed by atoms with Gasteiger partial charge in [-0.15, -0.1) is 0 Å². The Morgan fingerprint density at radius 1 is 0.882 bits per heavy atom. The van der Waals surface area contributed by atoms with Crippen LogP contribution in [0.5, 0.6) is 0 Å². The summed E-state index contributed by atoms with van der Waals surface area (Å²) in [5.74, 6) is -0.715. The number of piperidine rings is 1. The van der Waals surface area contributed by atoms with Crippen LogP contribution in [0.2, 0.25) is 0 Å². The summed E-state index contributed by atoms with van der Waals surface area (Å²) >= 11 is 0. The molecule has 0 atom stereocenters. The Morgan fingerprint density at radius 2 is 1.50 bits per heavy atom. The Balaban J connectivity index is 1.42. The van der Waals surface area contributed by atoms with E-state index in [9.17, 15) is 18.8 Å². The summed E-state index contributed by atoms with van der Waals surface area (Å²) in [6.45, 7) is 0. The number of hydrogen-bond donors (Lipinski definition) is 1. The number of halogens is 1. The molecule has 1 aliphatic heterocycles. The average molecular weight is 457 g/mol. The molecule has 1 aliphatic rings. The number of anilines is 2. The van der Waals surface area contributed by atoms with Gasteiger partial charge < -0.3 is 9.88 Å². The van der Waals surface area contributed by atoms with Crippen molar-refractivity contribution in [3.8, 4) is 11.5 Å². The van der Waals surface area contributed by atoms with Crippen LogP contribution in [-0.2, 0) is 9.59 Å². The van der Waals surface area contributed by atoms with Crippen molar-refractivity contribution in [2.75, 3.05) is 10.2 Å². The predicted octanol–water partition coefficient (Wildman–Crippen LogP) is 4.10. The number of rotatable bonds is 5. The standard InChI is InChI=1S/C25H20FN5O3/c26-17-6-10-20(11-7-17)31-25(29-14-1-2-15-29)21(16-27-31)24(34)28-18-8-12-19(13-9-18)30-22(32)4-3-5-23(30)33/h1-2,6-16H,3-5H2,(H,28,34). The van der Waals surface area contributed by atoms with Gasteiger partial charge >= 0.3 is 0 Å². The lowest BCUT2D eigenvalue weighted by atomic mass is 10.1. The van der Waals surface area contributed by atoms with Crippen LogP contribution in [0.3, 0.4) is 0 Å². The summed E-state index contributed by atoms with van der Waals surface area (Å²) in [6, 6.07) is 16.0. The minimum atomic E-state index is -0.394. The van der Waals surface area contributed by atoms with E-state index in [-0.39, 0.29) is 17.6 Å². The average Bonchev–Trinajstić information content (AvgIpc) is 3.50. The second-order valence-electron chi connectivity index (χ2n) is 7.84. The number of benzene rings is 2. The summed E-state index contributed by atoms with van der Waals surface area (Å²) in [5, 5.41) is 7.19. The van der Waals surface area contributed by atoms with E-state index >= 15 is 0 Å². The van der Waals surface area contributed by atoms with Crippen LogP contribution in [0.15, 0.2) is 79.3 Å². The van der Waals surface area contributed by atoms with Crippen LogP contribution < -0.4 is 10.2 Å². The topological polar surface area (TPSA) is 89.2 Å². The van der Waals surface area contributed by atoms with Gasteiger partial charge in [0.15, 0.2) is 5.82 Å². The van der Waals surface area contributed by atoms with Crippen LogP contribution in [0, 0.1) is 5.82 Å². The van der Waals surface area contributed by atoms with Crippen molar-refractivity contribution in [1.29, 1.82) is 0 Å². The van der Waals surface area contributed by atoms with Crippen molar-refractivity contribution in [2.45, 2.75) is 19.3 Å². The van der Waals surface area contributed by atoms with E-state index < -0.39 is 5.91 Å². The number of nitrogens with zero attached hydrogens (tertiary/aromatic N) is 4. The molecule has 3 heterocycles. The van der Waals surface area contributed by atoms with Gasteiger partial charge in [-0.1, -0.05) is 0 Å². The number of amides is 3. The highest BCUT2D eigenvalue weighted by atomic mass is 19.1. The third-order valence-electron chi connectivity index (χ3n) is 5.57. The molecule has 2 aromatic carbocycles. The smallest absolute Gasteiger partial charge is 0.261 e. The fourth-order valence-corrected chi connectivity index (χ4v) is 3.93. The summed E-state index contributed by atoms with van der Waals surface area (Å²) in [4.78, 5) is 38.6. The van der Waals surface area contributed by atoms with E-state index in [1.54, 1.807) is 58.0 Å². The molecule has 1 fully saturated rings. The first-order valence-electron chi connectivity index (χ1n) is 10.8. The molecule has 3 amide bonds. The Kier molecular flexibility index (Phi) is 5.51. The molecule has 0 radical (unpaired) electrons. The zero-order chi connectivity index (χ0) is 23.7. The summed E-state index contributed by atoms with van der Waals surface area (Å²) in [7, 11) is 0. The van der Waals surface area contributed by atoms with Gasteiger partial charge in [-0.3, -0.25) is 19.3 Å². The maximum atomic E-state index is 13.4. The van der Waals surface area contributed by atoms with E-state index in [1.807, 2.05) is 12.1 Å². The van der Waals surface area contributed by atoms with E-state index in [0.717, 1.165) is 0 Å². The number of imide groups is 1. The maximum Gasteiger partial charge on any atom is 0.261 e. The molecule has 9 heteroatoms. The van der Waals surface area contributed by atoms with Gasteiger partial charge in [0, 0.05) is 30.9 Å². The molecule has 0 spiro atoms. The van der Waals surface area contributed by atoms with Crippen LogP contribution in [0.4, 0.5) is 15.8 Å². The molecule has 170 valence electrons. The summed E-state index contributed by atoms with van der Waals surface area (Å²) < 4.78 is 16.7. The van der Waals surface area contributed by atoms with Crippen molar-refractivity contribution in [1.82, 2.24) is 14.3 Å². The van der Waals surface area contributed by atoms with Crippen molar-refractivity contribution in [3.05, 3.63) is 90.6 Å². The molecule has 0 unspecified atom stereocenters. The summed E-state index contributed by atoms with van der Waals surface area (Å²) in [6.07, 6.45) is 6.27. The molecule has 5 rings (SSSR count). The van der Waals surface area contributed by atoms with Crippen LogP contribution >= 0.6 is 0 Å². The molecule has 4 aromatic rings. The lowest BCUT2D eigenvalue weighted by molar-refractivity contribution is -0.129. The lowest BCUT2D eigenvalue weighted by Crippen LogP contribution is -2.40. The number of aromatic nitrogens is 3. The second kappa shape index (κ2) is 8.78. The largest absolute Gasteiger partial charge is 0.322 e. The van der Waals surface area contributed by atoms with Crippen molar-refractivity contribution < 1.29 is 18.8 Å². The van der Waals surface area contributed by atoms with Crippen LogP contribution in [-0.4, -0.2) is 32.1 Å². The van der Waals surface area contributed by atoms with Gasteiger partial charge in [0.05, 0.1) is 17.6 Å².